The summed E-state index contributed by atoms with van der Waals surface area (Å²) < 4.78 is 0. The van der Waals surface area contributed by atoms with Gasteiger partial charge in [-0.25, -0.2) is 4.98 Å². The summed E-state index contributed by atoms with van der Waals surface area (Å²) in [5, 5.41) is 2.84. The quantitative estimate of drug-likeness (QED) is 0.624. The van der Waals surface area contributed by atoms with Crippen LogP contribution in [-0.4, -0.2) is 53.7 Å². The highest BCUT2D eigenvalue weighted by molar-refractivity contribution is 6.13. The molecule has 0 unspecified atom stereocenters. The third kappa shape index (κ3) is 3.85. The molecular formula is C22H24N4O3. The fourth-order valence-corrected chi connectivity index (χ4v) is 3.71. The highest BCUT2D eigenvalue weighted by Crippen LogP contribution is 2.48. The van der Waals surface area contributed by atoms with Crippen molar-refractivity contribution in [3.05, 3.63) is 54.2 Å². The summed E-state index contributed by atoms with van der Waals surface area (Å²) in [6.07, 6.45) is 2.88. The molecular weight excluding hydrogens is 368 g/mol. The van der Waals surface area contributed by atoms with Crippen molar-refractivity contribution in [2.24, 2.45) is 5.41 Å². The van der Waals surface area contributed by atoms with Gasteiger partial charge >= 0.3 is 0 Å². The zero-order chi connectivity index (χ0) is 20.4. The number of Topliss-reactive ketones (excluding diaryl/α,β-unsaturated/α-hetero) is 1. The molecule has 1 saturated carbocycles. The minimum absolute atomic E-state index is 0.0657. The molecule has 0 spiro atoms. The standard InChI is InChI=1S/C22H24N4O3/c1-16(27)17-5-4-6-18(15-17)24-20(28)22(8-9-22)21(29)26-13-11-25(12-14-26)19-7-2-3-10-23-19/h2-7,10,15H,8-9,11-14H2,1H3,(H,24,28). The zero-order valence-electron chi connectivity index (χ0n) is 16.4. The van der Waals surface area contributed by atoms with Gasteiger partial charge in [0.05, 0.1) is 0 Å². The number of anilines is 2. The minimum atomic E-state index is -0.973. The molecule has 2 aliphatic rings. The molecule has 1 aliphatic heterocycles. The Morgan fingerprint density at radius 1 is 1.00 bits per heavy atom. The number of nitrogens with zero attached hydrogens (tertiary/aromatic N) is 3. The first-order valence-electron chi connectivity index (χ1n) is 9.87. The number of hydrogen-bond donors (Lipinski definition) is 1. The van der Waals surface area contributed by atoms with Crippen molar-refractivity contribution in [1.82, 2.24) is 9.88 Å². The fourth-order valence-electron chi connectivity index (χ4n) is 3.71. The highest BCUT2D eigenvalue weighted by atomic mass is 16.2. The van der Waals surface area contributed by atoms with Gasteiger partial charge in [0.25, 0.3) is 0 Å². The molecule has 0 radical (unpaired) electrons. The van der Waals surface area contributed by atoms with Crippen LogP contribution in [0.3, 0.4) is 0 Å². The summed E-state index contributed by atoms with van der Waals surface area (Å²) in [6.45, 7) is 4.02. The Bertz CT molecular complexity index is 932. The van der Waals surface area contributed by atoms with Gasteiger partial charge in [-0.05, 0) is 44.0 Å². The molecule has 2 heterocycles. The Labute approximate surface area is 169 Å². The number of rotatable bonds is 5. The molecule has 2 aromatic rings. The molecule has 1 aromatic heterocycles. The second kappa shape index (κ2) is 7.66. The van der Waals surface area contributed by atoms with Gasteiger partial charge in [0.1, 0.15) is 11.2 Å². The Balaban J connectivity index is 1.39. The van der Waals surface area contributed by atoms with E-state index in [0.29, 0.717) is 50.3 Å². The summed E-state index contributed by atoms with van der Waals surface area (Å²) in [5.41, 5.74) is 0.103. The molecule has 150 valence electrons. The maximum Gasteiger partial charge on any atom is 0.240 e. The third-order valence-electron chi connectivity index (χ3n) is 5.66. The molecule has 1 aliphatic carbocycles. The van der Waals surface area contributed by atoms with E-state index in [9.17, 15) is 14.4 Å². The summed E-state index contributed by atoms with van der Waals surface area (Å²) in [7, 11) is 0. The maximum atomic E-state index is 13.1. The molecule has 1 N–H and O–H groups in total. The smallest absolute Gasteiger partial charge is 0.240 e. The normalized spacial score (nSPS) is 17.6. The van der Waals surface area contributed by atoms with Crippen molar-refractivity contribution in [1.29, 1.82) is 0 Å². The lowest BCUT2D eigenvalue weighted by Crippen LogP contribution is -2.52. The first-order valence-corrected chi connectivity index (χ1v) is 9.87. The van der Waals surface area contributed by atoms with Crippen LogP contribution in [0.5, 0.6) is 0 Å². The molecule has 29 heavy (non-hydrogen) atoms. The average Bonchev–Trinajstić information content (AvgIpc) is 3.56. The summed E-state index contributed by atoms with van der Waals surface area (Å²) in [4.78, 5) is 45.8. The van der Waals surface area contributed by atoms with Crippen molar-refractivity contribution < 1.29 is 14.4 Å². The van der Waals surface area contributed by atoms with Crippen LogP contribution in [0.4, 0.5) is 11.5 Å². The number of carbonyl (C=O) groups is 3. The second-order valence-electron chi connectivity index (χ2n) is 7.64. The highest BCUT2D eigenvalue weighted by Gasteiger charge is 2.58. The number of aromatic nitrogens is 1. The molecule has 7 nitrogen and oxygen atoms in total. The monoisotopic (exact) mass is 392 g/mol. The maximum absolute atomic E-state index is 13.1. The topological polar surface area (TPSA) is 82.6 Å². The van der Waals surface area contributed by atoms with E-state index >= 15 is 0 Å². The number of benzene rings is 1. The molecule has 0 atom stereocenters. The van der Waals surface area contributed by atoms with E-state index in [1.54, 1.807) is 35.4 Å². The summed E-state index contributed by atoms with van der Waals surface area (Å²) in [5.74, 6) is 0.460. The van der Waals surface area contributed by atoms with Crippen molar-refractivity contribution in [2.75, 3.05) is 36.4 Å². The van der Waals surface area contributed by atoms with Crippen LogP contribution in [0.1, 0.15) is 30.1 Å². The fraction of sp³-hybridized carbons (Fsp3) is 0.364. The minimum Gasteiger partial charge on any atom is -0.353 e. The van der Waals surface area contributed by atoms with Gasteiger partial charge in [0.2, 0.25) is 11.8 Å². The SMILES string of the molecule is CC(=O)c1cccc(NC(=O)C2(C(=O)N3CCN(c4ccccn4)CC3)CC2)c1. The number of nitrogens with one attached hydrogen (secondary N) is 1. The Hall–Kier alpha value is -3.22. The van der Waals surface area contributed by atoms with E-state index in [4.69, 9.17) is 0 Å². The number of amides is 2. The first kappa shape index (κ1) is 19.1. The van der Waals surface area contributed by atoms with Crippen LogP contribution in [0.25, 0.3) is 0 Å². The Morgan fingerprint density at radius 3 is 2.38 bits per heavy atom. The summed E-state index contributed by atoms with van der Waals surface area (Å²) in [6, 6.07) is 12.6. The molecule has 7 heteroatoms. The van der Waals surface area contributed by atoms with Crippen molar-refractivity contribution in [2.45, 2.75) is 19.8 Å². The number of pyridine rings is 1. The van der Waals surface area contributed by atoms with E-state index in [0.717, 1.165) is 5.82 Å². The predicted molar refractivity (Wildman–Crippen MR) is 110 cm³/mol. The molecule has 2 fully saturated rings. The lowest BCUT2D eigenvalue weighted by molar-refractivity contribution is -0.142. The largest absolute Gasteiger partial charge is 0.353 e. The van der Waals surface area contributed by atoms with Gasteiger partial charge in [0, 0.05) is 43.6 Å². The third-order valence-corrected chi connectivity index (χ3v) is 5.66. The van der Waals surface area contributed by atoms with Gasteiger partial charge < -0.3 is 15.1 Å². The van der Waals surface area contributed by atoms with Crippen LogP contribution in [0.2, 0.25) is 0 Å². The lowest BCUT2D eigenvalue weighted by Gasteiger charge is -2.36. The predicted octanol–water partition coefficient (Wildman–Crippen LogP) is 2.35. The number of ketones is 1. The number of carbonyl (C=O) groups excluding carboxylic acids is 3. The molecule has 0 bridgehead atoms. The lowest BCUT2D eigenvalue weighted by atomic mass is 10.0. The van der Waals surface area contributed by atoms with Gasteiger partial charge in [0.15, 0.2) is 5.78 Å². The van der Waals surface area contributed by atoms with E-state index in [2.05, 4.69) is 15.2 Å². The van der Waals surface area contributed by atoms with Crippen molar-refractivity contribution >= 4 is 29.1 Å². The van der Waals surface area contributed by atoms with Gasteiger partial charge in [-0.3, -0.25) is 14.4 Å². The van der Waals surface area contributed by atoms with Crippen LogP contribution < -0.4 is 10.2 Å². The van der Waals surface area contributed by atoms with E-state index in [1.807, 2.05) is 18.2 Å². The second-order valence-corrected chi connectivity index (χ2v) is 7.64. The van der Waals surface area contributed by atoms with Crippen LogP contribution in [-0.2, 0) is 9.59 Å². The first-order chi connectivity index (χ1) is 14.0. The summed E-state index contributed by atoms with van der Waals surface area (Å²) >= 11 is 0. The molecule has 4 rings (SSSR count). The average molecular weight is 392 g/mol. The van der Waals surface area contributed by atoms with Gasteiger partial charge in [-0.15, -0.1) is 0 Å². The number of piperazine rings is 1. The number of hydrogen-bond acceptors (Lipinski definition) is 5. The van der Waals surface area contributed by atoms with Crippen molar-refractivity contribution in [3.63, 3.8) is 0 Å². The Kier molecular flexibility index (Phi) is 5.05. The van der Waals surface area contributed by atoms with E-state index in [1.165, 1.54) is 6.92 Å². The van der Waals surface area contributed by atoms with Crippen molar-refractivity contribution in [3.8, 4) is 0 Å². The molecule has 1 saturated heterocycles. The molecule has 2 amide bonds. The molecule has 1 aromatic carbocycles. The zero-order valence-corrected chi connectivity index (χ0v) is 16.4. The van der Waals surface area contributed by atoms with Crippen LogP contribution in [0, 0.1) is 5.41 Å². The van der Waals surface area contributed by atoms with Gasteiger partial charge in [-0.2, -0.15) is 0 Å². The van der Waals surface area contributed by atoms with Gasteiger partial charge in [-0.1, -0.05) is 18.2 Å². The van der Waals surface area contributed by atoms with Crippen LogP contribution >= 0.6 is 0 Å². The van der Waals surface area contributed by atoms with E-state index in [-0.39, 0.29) is 17.6 Å². The van der Waals surface area contributed by atoms with E-state index < -0.39 is 5.41 Å². The van der Waals surface area contributed by atoms with Crippen LogP contribution in [0.15, 0.2) is 48.7 Å². The Morgan fingerprint density at radius 2 is 1.76 bits per heavy atom.